The topological polar surface area (TPSA) is 77.2 Å². The summed E-state index contributed by atoms with van der Waals surface area (Å²) < 4.78 is 10.9. The Balaban J connectivity index is 1.41. The van der Waals surface area contributed by atoms with E-state index in [0.29, 0.717) is 18.9 Å². The first-order valence-corrected chi connectivity index (χ1v) is 8.15. The number of nitrogens with one attached hydrogen (secondary N) is 1. The molecule has 4 rings (SSSR count). The van der Waals surface area contributed by atoms with E-state index in [1.165, 1.54) is 12.0 Å². The number of nitrogens with zero attached hydrogens (tertiary/aromatic N) is 2. The van der Waals surface area contributed by atoms with Gasteiger partial charge in [0.25, 0.3) is 0 Å². The number of anilines is 1. The third kappa shape index (κ3) is 3.44. The Hall–Kier alpha value is -2.99. The zero-order valence-electron chi connectivity index (χ0n) is 13.5. The van der Waals surface area contributed by atoms with Gasteiger partial charge in [-0.1, -0.05) is 24.3 Å². The minimum Gasteiger partial charge on any atom is -0.423 e. The highest BCUT2D eigenvalue weighted by Crippen LogP contribution is 2.29. The van der Waals surface area contributed by atoms with E-state index in [1.807, 2.05) is 42.5 Å². The predicted molar refractivity (Wildman–Crippen MR) is 91.8 cm³/mol. The van der Waals surface area contributed by atoms with E-state index in [4.69, 9.17) is 9.15 Å². The number of rotatable bonds is 4. The summed E-state index contributed by atoms with van der Waals surface area (Å²) in [6.45, 7) is 0.647. The van der Waals surface area contributed by atoms with Gasteiger partial charge in [0.05, 0.1) is 19.1 Å². The second kappa shape index (κ2) is 6.86. The van der Waals surface area contributed by atoms with Crippen molar-refractivity contribution in [3.63, 3.8) is 0 Å². The van der Waals surface area contributed by atoms with Gasteiger partial charge in [-0.25, -0.2) is 0 Å². The maximum absolute atomic E-state index is 12.4. The van der Waals surface area contributed by atoms with Crippen molar-refractivity contribution >= 4 is 11.6 Å². The van der Waals surface area contributed by atoms with Crippen molar-refractivity contribution in [1.29, 1.82) is 0 Å². The Bertz CT molecular complexity index is 860. The molecular weight excluding hydrogens is 318 g/mol. The molecule has 0 aliphatic carbocycles. The van der Waals surface area contributed by atoms with Crippen molar-refractivity contribution in [2.75, 3.05) is 11.9 Å². The summed E-state index contributed by atoms with van der Waals surface area (Å²) in [5, 5.41) is 10.4. The van der Waals surface area contributed by atoms with Crippen LogP contribution in [0.1, 0.15) is 23.7 Å². The SMILES string of the molecule is O=C(CC1OCCc2ccccc21)Nc1ccc(-c2nnco2)cc1. The zero-order valence-corrected chi connectivity index (χ0v) is 13.5. The van der Waals surface area contributed by atoms with Crippen LogP contribution >= 0.6 is 0 Å². The molecule has 6 heteroatoms. The molecule has 1 aromatic heterocycles. The molecule has 3 aromatic rings. The second-order valence-corrected chi connectivity index (χ2v) is 5.88. The van der Waals surface area contributed by atoms with Crippen LogP contribution in [-0.2, 0) is 16.0 Å². The molecule has 0 bridgehead atoms. The van der Waals surface area contributed by atoms with Gasteiger partial charge in [-0.2, -0.15) is 0 Å². The minimum atomic E-state index is -0.192. The smallest absolute Gasteiger partial charge is 0.247 e. The number of carbonyl (C=O) groups is 1. The fourth-order valence-electron chi connectivity index (χ4n) is 3.02. The van der Waals surface area contributed by atoms with Gasteiger partial charge in [0, 0.05) is 11.3 Å². The van der Waals surface area contributed by atoms with Crippen LogP contribution in [0.3, 0.4) is 0 Å². The number of hydrogen-bond acceptors (Lipinski definition) is 5. The number of aromatic nitrogens is 2. The Morgan fingerprint density at radius 2 is 2.00 bits per heavy atom. The zero-order chi connectivity index (χ0) is 17.1. The van der Waals surface area contributed by atoms with Crippen LogP contribution in [0.5, 0.6) is 0 Å². The van der Waals surface area contributed by atoms with Crippen LogP contribution < -0.4 is 5.32 Å². The summed E-state index contributed by atoms with van der Waals surface area (Å²) in [6.07, 6.45) is 2.28. The first kappa shape index (κ1) is 15.5. The number of amides is 1. The van der Waals surface area contributed by atoms with Gasteiger partial charge < -0.3 is 14.5 Å². The molecule has 6 nitrogen and oxygen atoms in total. The highest BCUT2D eigenvalue weighted by Gasteiger charge is 2.23. The Labute approximate surface area is 144 Å². The van der Waals surface area contributed by atoms with Crippen molar-refractivity contribution in [3.05, 3.63) is 66.1 Å². The lowest BCUT2D eigenvalue weighted by Crippen LogP contribution is -2.22. The standard InChI is InChI=1S/C19H17N3O3/c23-18(11-17-16-4-2-1-3-13(16)9-10-24-17)21-15-7-5-14(6-8-15)19-22-20-12-25-19/h1-8,12,17H,9-11H2,(H,21,23). The van der Waals surface area contributed by atoms with Crippen molar-refractivity contribution in [2.45, 2.75) is 18.9 Å². The van der Waals surface area contributed by atoms with Gasteiger partial charge in [0.15, 0.2) is 0 Å². The van der Waals surface area contributed by atoms with Gasteiger partial charge in [-0.3, -0.25) is 4.79 Å². The largest absolute Gasteiger partial charge is 0.423 e. The average Bonchev–Trinajstić information content (AvgIpc) is 3.17. The maximum Gasteiger partial charge on any atom is 0.247 e. The lowest BCUT2D eigenvalue weighted by Gasteiger charge is -2.25. The Kier molecular flexibility index (Phi) is 4.26. The quantitative estimate of drug-likeness (QED) is 0.791. The van der Waals surface area contributed by atoms with Crippen molar-refractivity contribution in [1.82, 2.24) is 10.2 Å². The van der Waals surface area contributed by atoms with E-state index in [0.717, 1.165) is 23.2 Å². The normalized spacial score (nSPS) is 16.2. The molecule has 1 N–H and O–H groups in total. The molecular formula is C19H17N3O3. The predicted octanol–water partition coefficient (Wildman–Crippen LogP) is 3.38. The first-order valence-electron chi connectivity index (χ1n) is 8.15. The number of carbonyl (C=O) groups excluding carboxylic acids is 1. The number of ether oxygens (including phenoxy) is 1. The number of benzene rings is 2. The molecule has 0 radical (unpaired) electrons. The van der Waals surface area contributed by atoms with Crippen molar-refractivity contribution < 1.29 is 13.9 Å². The highest BCUT2D eigenvalue weighted by atomic mass is 16.5. The molecule has 0 fully saturated rings. The number of fused-ring (bicyclic) bond motifs is 1. The van der Waals surface area contributed by atoms with E-state index >= 15 is 0 Å². The monoisotopic (exact) mass is 335 g/mol. The van der Waals surface area contributed by atoms with Crippen molar-refractivity contribution in [2.24, 2.45) is 0 Å². The average molecular weight is 335 g/mol. The molecule has 2 aromatic carbocycles. The molecule has 0 spiro atoms. The van der Waals surface area contributed by atoms with E-state index in [-0.39, 0.29) is 12.0 Å². The summed E-state index contributed by atoms with van der Waals surface area (Å²) >= 11 is 0. The molecule has 0 saturated heterocycles. The first-order chi connectivity index (χ1) is 12.3. The van der Waals surface area contributed by atoms with Gasteiger partial charge in [-0.05, 0) is 41.8 Å². The fourth-order valence-corrected chi connectivity index (χ4v) is 3.02. The lowest BCUT2D eigenvalue weighted by atomic mass is 9.95. The molecule has 2 heterocycles. The van der Waals surface area contributed by atoms with E-state index in [1.54, 1.807) is 0 Å². The van der Waals surface area contributed by atoms with E-state index < -0.39 is 0 Å². The van der Waals surface area contributed by atoms with Gasteiger partial charge in [0.2, 0.25) is 18.2 Å². The van der Waals surface area contributed by atoms with Gasteiger partial charge >= 0.3 is 0 Å². The summed E-state index contributed by atoms with van der Waals surface area (Å²) in [4.78, 5) is 12.4. The summed E-state index contributed by atoms with van der Waals surface area (Å²) in [6, 6.07) is 15.4. The molecule has 1 aliphatic heterocycles. The molecule has 1 aliphatic rings. The molecule has 1 unspecified atom stereocenters. The molecule has 25 heavy (non-hydrogen) atoms. The third-order valence-corrected chi connectivity index (χ3v) is 4.24. The van der Waals surface area contributed by atoms with Crippen LogP contribution in [0.2, 0.25) is 0 Å². The third-order valence-electron chi connectivity index (χ3n) is 4.24. The number of hydrogen-bond donors (Lipinski definition) is 1. The second-order valence-electron chi connectivity index (χ2n) is 5.88. The van der Waals surface area contributed by atoms with Crippen LogP contribution in [0, 0.1) is 0 Å². The van der Waals surface area contributed by atoms with Crippen LogP contribution in [0.15, 0.2) is 59.3 Å². The van der Waals surface area contributed by atoms with Crippen LogP contribution in [0.25, 0.3) is 11.5 Å². The highest BCUT2D eigenvalue weighted by molar-refractivity contribution is 5.91. The van der Waals surface area contributed by atoms with Crippen molar-refractivity contribution in [3.8, 4) is 11.5 Å². The van der Waals surface area contributed by atoms with Gasteiger partial charge in [0.1, 0.15) is 0 Å². The van der Waals surface area contributed by atoms with E-state index in [9.17, 15) is 4.79 Å². The van der Waals surface area contributed by atoms with Gasteiger partial charge in [-0.15, -0.1) is 10.2 Å². The Morgan fingerprint density at radius 3 is 2.80 bits per heavy atom. The molecule has 0 saturated carbocycles. The summed E-state index contributed by atoms with van der Waals surface area (Å²) in [5.41, 5.74) is 3.89. The fraction of sp³-hybridized carbons (Fsp3) is 0.211. The molecule has 1 atom stereocenters. The Morgan fingerprint density at radius 1 is 1.16 bits per heavy atom. The molecule has 1 amide bonds. The summed E-state index contributed by atoms with van der Waals surface area (Å²) in [5.74, 6) is 0.373. The minimum absolute atomic E-state index is 0.0766. The maximum atomic E-state index is 12.4. The van der Waals surface area contributed by atoms with Crippen LogP contribution in [0.4, 0.5) is 5.69 Å². The van der Waals surface area contributed by atoms with E-state index in [2.05, 4.69) is 21.6 Å². The lowest BCUT2D eigenvalue weighted by molar-refractivity contribution is -0.119. The molecule has 126 valence electrons. The summed E-state index contributed by atoms with van der Waals surface area (Å²) in [7, 11) is 0. The van der Waals surface area contributed by atoms with Crippen LogP contribution in [-0.4, -0.2) is 22.7 Å².